The molecule has 0 fully saturated rings. The second kappa shape index (κ2) is 6.82. The van der Waals surface area contributed by atoms with E-state index in [4.69, 9.17) is 0 Å². The molecule has 0 spiro atoms. The van der Waals surface area contributed by atoms with Crippen LogP contribution in [-0.2, 0) is 0 Å². The van der Waals surface area contributed by atoms with Crippen molar-refractivity contribution in [2.24, 2.45) is 0 Å². The van der Waals surface area contributed by atoms with Crippen molar-refractivity contribution in [3.8, 4) is 11.8 Å². The first-order valence-electron chi connectivity index (χ1n) is 3.77. The zero-order valence-corrected chi connectivity index (χ0v) is 7.26. The zero-order chi connectivity index (χ0) is 8.53. The molecule has 1 nitrogen and oxygen atoms in total. The highest BCUT2D eigenvalue weighted by Crippen LogP contribution is 1.87. The minimum Gasteiger partial charge on any atom is -0.248 e. The molecule has 0 aromatic carbocycles. The van der Waals surface area contributed by atoms with Crippen molar-refractivity contribution in [2.75, 3.05) is 0 Å². The van der Waals surface area contributed by atoms with Gasteiger partial charge >= 0.3 is 0 Å². The molecule has 11 heavy (non-hydrogen) atoms. The van der Waals surface area contributed by atoms with Gasteiger partial charge in [-0.3, -0.25) is 0 Å². The van der Waals surface area contributed by atoms with E-state index in [1.165, 1.54) is 0 Å². The average molecular weight is 147 g/mol. The summed E-state index contributed by atoms with van der Waals surface area (Å²) in [7, 11) is 0. The topological polar surface area (TPSA) is 12.9 Å². The van der Waals surface area contributed by atoms with Crippen molar-refractivity contribution in [2.45, 2.75) is 20.8 Å². The molecule has 1 heteroatoms. The van der Waals surface area contributed by atoms with E-state index in [0.29, 0.717) is 0 Å². The summed E-state index contributed by atoms with van der Waals surface area (Å²) < 4.78 is 0. The SMILES string of the molecule is CC.CC#Cc1ccccn1. The Kier molecular flexibility index (Phi) is 6.02. The third-order valence-electron chi connectivity index (χ3n) is 0.918. The first kappa shape index (κ1) is 9.71. The molecule has 0 bridgehead atoms. The van der Waals surface area contributed by atoms with Gasteiger partial charge in [0.05, 0.1) is 0 Å². The van der Waals surface area contributed by atoms with Crippen LogP contribution in [0.25, 0.3) is 0 Å². The van der Waals surface area contributed by atoms with Gasteiger partial charge in [-0.1, -0.05) is 25.8 Å². The van der Waals surface area contributed by atoms with Crippen LogP contribution in [0.2, 0.25) is 0 Å². The van der Waals surface area contributed by atoms with Crippen molar-refractivity contribution in [3.05, 3.63) is 30.1 Å². The third-order valence-corrected chi connectivity index (χ3v) is 0.918. The lowest BCUT2D eigenvalue weighted by molar-refractivity contribution is 1.29. The first-order valence-corrected chi connectivity index (χ1v) is 3.77. The average Bonchev–Trinajstić information content (AvgIpc) is 2.11. The van der Waals surface area contributed by atoms with E-state index in [1.807, 2.05) is 32.0 Å². The van der Waals surface area contributed by atoms with E-state index in [2.05, 4.69) is 16.8 Å². The molecule has 1 aromatic rings. The Bertz CT molecular complexity index is 228. The highest BCUT2D eigenvalue weighted by atomic mass is 14.6. The summed E-state index contributed by atoms with van der Waals surface area (Å²) in [4.78, 5) is 3.99. The predicted octanol–water partition coefficient (Wildman–Crippen LogP) is 2.48. The van der Waals surface area contributed by atoms with Gasteiger partial charge < -0.3 is 0 Å². The van der Waals surface area contributed by atoms with Gasteiger partial charge in [0.2, 0.25) is 0 Å². The normalized spacial score (nSPS) is 6.82. The summed E-state index contributed by atoms with van der Waals surface area (Å²) in [5, 5.41) is 0. The lowest BCUT2D eigenvalue weighted by Crippen LogP contribution is -1.76. The van der Waals surface area contributed by atoms with Gasteiger partial charge in [0.1, 0.15) is 5.69 Å². The molecule has 0 radical (unpaired) electrons. The fourth-order valence-corrected chi connectivity index (χ4v) is 0.565. The minimum atomic E-state index is 0.833. The molecule has 0 aliphatic heterocycles. The number of hydrogen-bond donors (Lipinski definition) is 0. The summed E-state index contributed by atoms with van der Waals surface area (Å²) in [6.45, 7) is 5.80. The standard InChI is InChI=1S/C8H7N.C2H6/c1-2-5-8-6-3-4-7-9-8;1-2/h3-4,6-7H,1H3;1-2H3. The number of pyridine rings is 1. The van der Waals surface area contributed by atoms with Crippen LogP contribution < -0.4 is 0 Å². The summed E-state index contributed by atoms with van der Waals surface area (Å²) in [6, 6.07) is 5.68. The lowest BCUT2D eigenvalue weighted by atomic mass is 10.3. The van der Waals surface area contributed by atoms with Crippen LogP contribution in [0, 0.1) is 11.8 Å². The second-order valence-corrected chi connectivity index (χ2v) is 1.59. The monoisotopic (exact) mass is 147 g/mol. The molecule has 0 aliphatic carbocycles. The Morgan fingerprint density at radius 1 is 1.27 bits per heavy atom. The van der Waals surface area contributed by atoms with E-state index < -0.39 is 0 Å². The minimum absolute atomic E-state index is 0.833. The highest BCUT2D eigenvalue weighted by molar-refractivity contribution is 5.25. The molecule has 0 N–H and O–H groups in total. The Labute approximate surface area is 68.5 Å². The molecule has 0 saturated carbocycles. The van der Waals surface area contributed by atoms with Gasteiger partial charge in [0.15, 0.2) is 0 Å². The maximum absolute atomic E-state index is 3.99. The third kappa shape index (κ3) is 4.16. The van der Waals surface area contributed by atoms with Crippen LogP contribution in [0.4, 0.5) is 0 Å². The molecule has 0 aliphatic rings. The zero-order valence-electron chi connectivity index (χ0n) is 7.26. The quantitative estimate of drug-likeness (QED) is 0.514. The molecule has 1 heterocycles. The Hall–Kier alpha value is -1.29. The van der Waals surface area contributed by atoms with Crippen LogP contribution >= 0.6 is 0 Å². The molecule has 1 rings (SSSR count). The molecule has 0 atom stereocenters. The van der Waals surface area contributed by atoms with E-state index in [-0.39, 0.29) is 0 Å². The molecule has 1 aromatic heterocycles. The van der Waals surface area contributed by atoms with E-state index >= 15 is 0 Å². The van der Waals surface area contributed by atoms with Crippen LogP contribution in [-0.4, -0.2) is 4.98 Å². The van der Waals surface area contributed by atoms with Crippen molar-refractivity contribution in [1.82, 2.24) is 4.98 Å². The van der Waals surface area contributed by atoms with Crippen LogP contribution in [0.1, 0.15) is 26.5 Å². The van der Waals surface area contributed by atoms with Gasteiger partial charge in [-0.25, -0.2) is 4.98 Å². The van der Waals surface area contributed by atoms with Crippen molar-refractivity contribution in [1.29, 1.82) is 0 Å². The highest BCUT2D eigenvalue weighted by Gasteiger charge is 1.79. The van der Waals surface area contributed by atoms with E-state index in [0.717, 1.165) is 5.69 Å². The maximum Gasteiger partial charge on any atom is 0.113 e. The summed E-state index contributed by atoms with van der Waals surface area (Å²) in [5.74, 6) is 5.62. The van der Waals surface area contributed by atoms with Gasteiger partial charge in [-0.2, -0.15) is 0 Å². The number of hydrogen-bond acceptors (Lipinski definition) is 1. The number of aromatic nitrogens is 1. The largest absolute Gasteiger partial charge is 0.248 e. The number of nitrogens with zero attached hydrogens (tertiary/aromatic N) is 1. The molecular formula is C10H13N. The second-order valence-electron chi connectivity index (χ2n) is 1.59. The maximum atomic E-state index is 3.99. The van der Waals surface area contributed by atoms with E-state index in [1.54, 1.807) is 13.1 Å². The fourth-order valence-electron chi connectivity index (χ4n) is 0.565. The van der Waals surface area contributed by atoms with Gasteiger partial charge in [-0.05, 0) is 25.0 Å². The van der Waals surface area contributed by atoms with Crippen LogP contribution in [0.15, 0.2) is 24.4 Å². The predicted molar refractivity (Wildman–Crippen MR) is 48.1 cm³/mol. The van der Waals surface area contributed by atoms with Gasteiger partial charge in [-0.15, -0.1) is 0 Å². The molecule has 0 saturated heterocycles. The van der Waals surface area contributed by atoms with Crippen LogP contribution in [0.3, 0.4) is 0 Å². The molecule has 0 unspecified atom stereocenters. The smallest absolute Gasteiger partial charge is 0.113 e. The summed E-state index contributed by atoms with van der Waals surface area (Å²) >= 11 is 0. The Balaban J connectivity index is 0.000000461. The van der Waals surface area contributed by atoms with Crippen LogP contribution in [0.5, 0.6) is 0 Å². The van der Waals surface area contributed by atoms with Gasteiger partial charge in [0.25, 0.3) is 0 Å². The van der Waals surface area contributed by atoms with Crippen molar-refractivity contribution < 1.29 is 0 Å². The van der Waals surface area contributed by atoms with E-state index in [9.17, 15) is 0 Å². The van der Waals surface area contributed by atoms with Crippen molar-refractivity contribution >= 4 is 0 Å². The Morgan fingerprint density at radius 2 is 2.00 bits per heavy atom. The Morgan fingerprint density at radius 3 is 2.45 bits per heavy atom. The molecular weight excluding hydrogens is 134 g/mol. The summed E-state index contributed by atoms with van der Waals surface area (Å²) in [6.07, 6.45) is 1.74. The first-order chi connectivity index (χ1) is 5.43. The summed E-state index contributed by atoms with van der Waals surface area (Å²) in [5.41, 5.74) is 0.833. The van der Waals surface area contributed by atoms with Crippen molar-refractivity contribution in [3.63, 3.8) is 0 Å². The molecule has 0 amide bonds. The lowest BCUT2D eigenvalue weighted by Gasteiger charge is -1.82. The molecule has 58 valence electrons. The fraction of sp³-hybridized carbons (Fsp3) is 0.300. The van der Waals surface area contributed by atoms with Gasteiger partial charge in [0, 0.05) is 6.20 Å². The number of rotatable bonds is 0.